The third kappa shape index (κ3) is 4.01. The van der Waals surface area contributed by atoms with Crippen LogP contribution in [0.15, 0.2) is 51.7 Å². The Morgan fingerprint density at radius 3 is 2.41 bits per heavy atom. The lowest BCUT2D eigenvalue weighted by Crippen LogP contribution is -2.60. The molecule has 1 fully saturated rings. The van der Waals surface area contributed by atoms with Gasteiger partial charge in [0.05, 0.1) is 24.7 Å². The summed E-state index contributed by atoms with van der Waals surface area (Å²) in [5, 5.41) is 49.8. The minimum atomic E-state index is -1.59. The van der Waals surface area contributed by atoms with Gasteiger partial charge in [0.25, 0.3) is 0 Å². The Balaban J connectivity index is 1.67. The molecular formula is C22H22O10. The molecule has 1 aliphatic heterocycles. The van der Waals surface area contributed by atoms with E-state index in [9.17, 15) is 30.3 Å². The summed E-state index contributed by atoms with van der Waals surface area (Å²) in [6, 6.07) is 10.1. The Hall–Kier alpha value is -3.15. The highest BCUT2D eigenvalue weighted by Gasteiger charge is 2.44. The van der Waals surface area contributed by atoms with Crippen LogP contribution in [-0.4, -0.2) is 70.0 Å². The quantitative estimate of drug-likeness (QED) is 0.370. The number of methoxy groups -OCH3 is 1. The van der Waals surface area contributed by atoms with Crippen molar-refractivity contribution in [1.82, 2.24) is 0 Å². The molecule has 0 spiro atoms. The van der Waals surface area contributed by atoms with Crippen molar-refractivity contribution in [3.63, 3.8) is 0 Å². The summed E-state index contributed by atoms with van der Waals surface area (Å²) in [4.78, 5) is 12.6. The highest BCUT2D eigenvalue weighted by molar-refractivity contribution is 5.81. The molecule has 4 rings (SSSR count). The molecule has 32 heavy (non-hydrogen) atoms. The van der Waals surface area contributed by atoms with Gasteiger partial charge in [0.2, 0.25) is 6.29 Å². The van der Waals surface area contributed by atoms with Gasteiger partial charge in [0.1, 0.15) is 53.0 Å². The van der Waals surface area contributed by atoms with Gasteiger partial charge >= 0.3 is 0 Å². The van der Waals surface area contributed by atoms with E-state index in [1.54, 1.807) is 12.1 Å². The second kappa shape index (κ2) is 8.77. The molecule has 10 nitrogen and oxygen atoms in total. The Kier molecular flexibility index (Phi) is 6.04. The maximum absolute atomic E-state index is 12.6. The summed E-state index contributed by atoms with van der Waals surface area (Å²) in [5.41, 5.74) is 0.0747. The zero-order chi connectivity index (χ0) is 23.0. The van der Waals surface area contributed by atoms with Crippen molar-refractivity contribution >= 4 is 11.0 Å². The molecule has 1 saturated heterocycles. The Morgan fingerprint density at radius 2 is 1.72 bits per heavy atom. The molecule has 170 valence electrons. The van der Waals surface area contributed by atoms with E-state index in [4.69, 9.17) is 18.6 Å². The lowest BCUT2D eigenvalue weighted by atomic mass is 9.99. The highest BCUT2D eigenvalue weighted by Crippen LogP contribution is 2.34. The number of aromatic hydroxyl groups is 1. The lowest BCUT2D eigenvalue weighted by Gasteiger charge is -2.39. The van der Waals surface area contributed by atoms with Gasteiger partial charge in [0, 0.05) is 18.2 Å². The van der Waals surface area contributed by atoms with E-state index in [0.717, 1.165) is 0 Å². The van der Waals surface area contributed by atoms with Gasteiger partial charge in [-0.15, -0.1) is 0 Å². The molecular weight excluding hydrogens is 424 g/mol. The summed E-state index contributed by atoms with van der Waals surface area (Å²) in [6.45, 7) is -0.591. The molecule has 5 N–H and O–H groups in total. The number of fused-ring (bicyclic) bond motifs is 1. The van der Waals surface area contributed by atoms with Gasteiger partial charge in [0.15, 0.2) is 5.43 Å². The molecule has 3 aromatic rings. The molecule has 0 radical (unpaired) electrons. The largest absolute Gasteiger partial charge is 0.507 e. The standard InChI is InChI=1S/C22H22O10/c1-29-10-2-4-12(14(24)6-10)17-8-15(25)13-5-3-11(7-16(13)31-17)30-22-21(28)20(27)19(26)18(9-23)32-22/h2-8,18-24,26-28H,9H2,1H3/t18-,19-,20+,21-,22-/m1/s1. The normalized spacial score (nSPS) is 25.6. The van der Waals surface area contributed by atoms with Crippen molar-refractivity contribution < 1.29 is 44.2 Å². The number of aliphatic hydroxyl groups is 4. The van der Waals surface area contributed by atoms with Crippen LogP contribution in [0.4, 0.5) is 0 Å². The van der Waals surface area contributed by atoms with E-state index in [-0.39, 0.29) is 39.2 Å². The van der Waals surface area contributed by atoms with E-state index < -0.39 is 37.3 Å². The van der Waals surface area contributed by atoms with Crippen LogP contribution in [0.5, 0.6) is 17.2 Å². The lowest BCUT2D eigenvalue weighted by molar-refractivity contribution is -0.277. The van der Waals surface area contributed by atoms with Crippen LogP contribution in [0.2, 0.25) is 0 Å². The third-order valence-electron chi connectivity index (χ3n) is 5.27. The van der Waals surface area contributed by atoms with Gasteiger partial charge < -0.3 is 44.2 Å². The second-order valence-corrected chi connectivity index (χ2v) is 7.33. The monoisotopic (exact) mass is 446 g/mol. The van der Waals surface area contributed by atoms with E-state index in [0.29, 0.717) is 5.75 Å². The molecule has 2 heterocycles. The minimum absolute atomic E-state index is 0.118. The fraction of sp³-hybridized carbons (Fsp3) is 0.318. The summed E-state index contributed by atoms with van der Waals surface area (Å²) in [7, 11) is 1.46. The molecule has 0 amide bonds. The van der Waals surface area contributed by atoms with Gasteiger partial charge in [-0.1, -0.05) is 0 Å². The topological polar surface area (TPSA) is 159 Å². The van der Waals surface area contributed by atoms with Crippen LogP contribution in [0.1, 0.15) is 0 Å². The van der Waals surface area contributed by atoms with E-state index >= 15 is 0 Å². The zero-order valence-electron chi connectivity index (χ0n) is 16.9. The number of rotatable bonds is 5. The smallest absolute Gasteiger partial charge is 0.229 e. The number of benzene rings is 2. The third-order valence-corrected chi connectivity index (χ3v) is 5.27. The molecule has 0 bridgehead atoms. The molecule has 0 aliphatic carbocycles. The molecule has 0 saturated carbocycles. The molecule has 1 aliphatic rings. The van der Waals surface area contributed by atoms with Crippen LogP contribution in [-0.2, 0) is 4.74 Å². The number of phenols is 1. The van der Waals surface area contributed by atoms with Crippen LogP contribution in [0, 0.1) is 0 Å². The van der Waals surface area contributed by atoms with Crippen molar-refractivity contribution in [3.8, 4) is 28.6 Å². The maximum atomic E-state index is 12.6. The van der Waals surface area contributed by atoms with Crippen LogP contribution >= 0.6 is 0 Å². The van der Waals surface area contributed by atoms with Gasteiger partial charge in [-0.25, -0.2) is 0 Å². The minimum Gasteiger partial charge on any atom is -0.507 e. The van der Waals surface area contributed by atoms with Crippen LogP contribution < -0.4 is 14.9 Å². The predicted octanol–water partition coefficient (Wildman–Crippen LogP) is 0.353. The van der Waals surface area contributed by atoms with Crippen molar-refractivity contribution in [2.75, 3.05) is 13.7 Å². The number of ether oxygens (including phenoxy) is 3. The first-order valence-electron chi connectivity index (χ1n) is 9.75. The Morgan fingerprint density at radius 1 is 0.969 bits per heavy atom. The maximum Gasteiger partial charge on any atom is 0.229 e. The molecule has 2 aromatic carbocycles. The average Bonchev–Trinajstić information content (AvgIpc) is 2.79. The van der Waals surface area contributed by atoms with Crippen LogP contribution in [0.25, 0.3) is 22.3 Å². The first-order valence-corrected chi connectivity index (χ1v) is 9.75. The molecule has 1 aromatic heterocycles. The van der Waals surface area contributed by atoms with E-state index in [1.807, 2.05) is 0 Å². The second-order valence-electron chi connectivity index (χ2n) is 7.33. The zero-order valence-corrected chi connectivity index (χ0v) is 16.9. The van der Waals surface area contributed by atoms with Gasteiger partial charge in [-0.3, -0.25) is 4.79 Å². The average molecular weight is 446 g/mol. The van der Waals surface area contributed by atoms with Crippen molar-refractivity contribution in [3.05, 3.63) is 52.7 Å². The summed E-state index contributed by atoms with van der Waals surface area (Å²) in [6.07, 6.45) is -7.19. The van der Waals surface area contributed by atoms with Gasteiger partial charge in [-0.2, -0.15) is 0 Å². The van der Waals surface area contributed by atoms with E-state index in [2.05, 4.69) is 0 Å². The summed E-state index contributed by atoms with van der Waals surface area (Å²) in [5.74, 6) is 0.555. The fourth-order valence-corrected chi connectivity index (χ4v) is 3.49. The summed E-state index contributed by atoms with van der Waals surface area (Å²) >= 11 is 0. The SMILES string of the molecule is COc1ccc(-c2cc(=O)c3ccc(O[C@@H]4O[C@H](CO)[C@@H](O)[C@H](O)[C@H]4O)cc3o2)c(O)c1. The number of phenolic OH excluding ortho intramolecular Hbond substituents is 1. The number of hydrogen-bond donors (Lipinski definition) is 5. The molecule has 5 atom stereocenters. The number of hydrogen-bond acceptors (Lipinski definition) is 10. The van der Waals surface area contributed by atoms with Crippen molar-refractivity contribution in [1.29, 1.82) is 0 Å². The predicted molar refractivity (Wildman–Crippen MR) is 111 cm³/mol. The van der Waals surface area contributed by atoms with Crippen molar-refractivity contribution in [2.24, 2.45) is 0 Å². The molecule has 10 heteroatoms. The van der Waals surface area contributed by atoms with Crippen molar-refractivity contribution in [2.45, 2.75) is 30.7 Å². The number of aliphatic hydroxyl groups excluding tert-OH is 4. The Labute approximate surface area is 181 Å². The van der Waals surface area contributed by atoms with Gasteiger partial charge in [-0.05, 0) is 24.3 Å². The fourth-order valence-electron chi connectivity index (χ4n) is 3.49. The first kappa shape index (κ1) is 22.1. The van der Waals surface area contributed by atoms with Crippen LogP contribution in [0.3, 0.4) is 0 Å². The molecule has 0 unspecified atom stereocenters. The Bertz CT molecular complexity index is 1170. The summed E-state index contributed by atoms with van der Waals surface area (Å²) < 4.78 is 21.8. The van der Waals surface area contributed by atoms with E-state index in [1.165, 1.54) is 37.4 Å². The highest BCUT2D eigenvalue weighted by atomic mass is 16.7. The first-order chi connectivity index (χ1) is 15.3.